The van der Waals surface area contributed by atoms with Gasteiger partial charge < -0.3 is 5.32 Å². The van der Waals surface area contributed by atoms with Crippen LogP contribution in [0.25, 0.3) is 0 Å². The fourth-order valence-corrected chi connectivity index (χ4v) is 3.06. The van der Waals surface area contributed by atoms with E-state index in [2.05, 4.69) is 31.4 Å². The number of anilines is 1. The Morgan fingerprint density at radius 2 is 1.78 bits per heavy atom. The number of carbonyl (C=O) groups is 1. The fraction of sp³-hybridized carbons (Fsp3) is 0.118. The van der Waals surface area contributed by atoms with Crippen LogP contribution in [0.15, 0.2) is 63.2 Å². The first kappa shape index (κ1) is 16.0. The van der Waals surface area contributed by atoms with Crippen molar-refractivity contribution in [3.8, 4) is 0 Å². The molecule has 6 heteroatoms. The Morgan fingerprint density at radius 1 is 1.09 bits per heavy atom. The largest absolute Gasteiger partial charge is 0.320 e. The Labute approximate surface area is 147 Å². The average molecular weight is 388 g/mol. The van der Waals surface area contributed by atoms with Crippen LogP contribution in [0.3, 0.4) is 0 Å². The van der Waals surface area contributed by atoms with Gasteiger partial charge in [0.15, 0.2) is 5.04 Å². The van der Waals surface area contributed by atoms with E-state index in [-0.39, 0.29) is 5.91 Å². The molecule has 2 aromatic carbocycles. The maximum atomic E-state index is 12.2. The van der Waals surface area contributed by atoms with Crippen LogP contribution in [0.2, 0.25) is 0 Å². The SMILES string of the molecule is Cc1ccc(NC(=O)C2=NN=C(c3ccc(Br)cc3)CS2)cc1. The maximum absolute atomic E-state index is 12.2. The average Bonchev–Trinajstić information content (AvgIpc) is 2.58. The molecule has 0 bridgehead atoms. The molecule has 0 atom stereocenters. The van der Waals surface area contributed by atoms with E-state index < -0.39 is 0 Å². The fourth-order valence-electron chi connectivity index (χ4n) is 2.02. The van der Waals surface area contributed by atoms with Crippen molar-refractivity contribution in [2.45, 2.75) is 6.92 Å². The molecule has 0 saturated carbocycles. The van der Waals surface area contributed by atoms with Gasteiger partial charge in [0.05, 0.1) is 5.71 Å². The molecule has 0 fully saturated rings. The Balaban J connectivity index is 1.71. The third kappa shape index (κ3) is 4.09. The van der Waals surface area contributed by atoms with Crippen LogP contribution in [-0.4, -0.2) is 22.4 Å². The lowest BCUT2D eigenvalue weighted by Crippen LogP contribution is -2.23. The zero-order chi connectivity index (χ0) is 16.2. The van der Waals surface area contributed by atoms with Crippen LogP contribution in [0.1, 0.15) is 11.1 Å². The summed E-state index contributed by atoms with van der Waals surface area (Å²) < 4.78 is 1.02. The number of amides is 1. The van der Waals surface area contributed by atoms with Crippen molar-refractivity contribution in [3.63, 3.8) is 0 Å². The molecule has 2 aromatic rings. The van der Waals surface area contributed by atoms with E-state index in [0.29, 0.717) is 10.8 Å². The van der Waals surface area contributed by atoms with Crippen molar-refractivity contribution in [2.75, 3.05) is 11.1 Å². The van der Waals surface area contributed by atoms with Gasteiger partial charge in [-0.1, -0.05) is 57.5 Å². The summed E-state index contributed by atoms with van der Waals surface area (Å²) in [5.41, 5.74) is 3.79. The van der Waals surface area contributed by atoms with Gasteiger partial charge in [-0.25, -0.2) is 0 Å². The van der Waals surface area contributed by atoms with Gasteiger partial charge in [-0.3, -0.25) is 4.79 Å². The first-order valence-electron chi connectivity index (χ1n) is 7.03. The molecule has 0 aliphatic carbocycles. The highest BCUT2D eigenvalue weighted by Gasteiger charge is 2.18. The lowest BCUT2D eigenvalue weighted by Gasteiger charge is -2.12. The number of hydrogen-bond donors (Lipinski definition) is 1. The number of halogens is 1. The molecule has 0 spiro atoms. The van der Waals surface area contributed by atoms with E-state index in [1.54, 1.807) is 0 Å². The zero-order valence-corrected chi connectivity index (χ0v) is 14.8. The number of thioether (sulfide) groups is 1. The highest BCUT2D eigenvalue weighted by atomic mass is 79.9. The molecular weight excluding hydrogens is 374 g/mol. The molecule has 1 N–H and O–H groups in total. The molecule has 0 aromatic heterocycles. The Kier molecular flexibility index (Phi) is 4.93. The van der Waals surface area contributed by atoms with Gasteiger partial charge in [0.2, 0.25) is 0 Å². The summed E-state index contributed by atoms with van der Waals surface area (Å²) in [6.45, 7) is 2.00. The molecule has 1 amide bonds. The zero-order valence-electron chi connectivity index (χ0n) is 12.4. The molecule has 0 saturated heterocycles. The molecule has 0 unspecified atom stereocenters. The standard InChI is InChI=1S/C17H14BrN3OS/c1-11-2-8-14(9-3-11)19-16(22)17-21-20-15(10-23-17)12-4-6-13(18)7-5-12/h2-9H,10H2,1H3,(H,19,22). The van der Waals surface area contributed by atoms with Crippen molar-refractivity contribution in [3.05, 3.63) is 64.1 Å². The van der Waals surface area contributed by atoms with Gasteiger partial charge in [-0.05, 0) is 36.8 Å². The summed E-state index contributed by atoms with van der Waals surface area (Å²) in [6, 6.07) is 15.5. The summed E-state index contributed by atoms with van der Waals surface area (Å²) >= 11 is 4.80. The number of hydrogen-bond acceptors (Lipinski definition) is 4. The van der Waals surface area contributed by atoms with Gasteiger partial charge >= 0.3 is 0 Å². The number of benzene rings is 2. The van der Waals surface area contributed by atoms with Gasteiger partial charge in [0.1, 0.15) is 0 Å². The monoisotopic (exact) mass is 387 g/mol. The molecule has 0 radical (unpaired) electrons. The van der Waals surface area contributed by atoms with E-state index in [1.165, 1.54) is 11.8 Å². The quantitative estimate of drug-likeness (QED) is 0.855. The van der Waals surface area contributed by atoms with Gasteiger partial charge in [-0.15, -0.1) is 5.10 Å². The van der Waals surface area contributed by atoms with E-state index in [4.69, 9.17) is 0 Å². The Bertz CT molecular complexity index is 782. The van der Waals surface area contributed by atoms with E-state index >= 15 is 0 Å². The number of nitrogens with zero attached hydrogens (tertiary/aromatic N) is 2. The summed E-state index contributed by atoms with van der Waals surface area (Å²) in [5, 5.41) is 11.5. The van der Waals surface area contributed by atoms with Gasteiger partial charge in [0, 0.05) is 15.9 Å². The number of aryl methyl sites for hydroxylation is 1. The predicted octanol–water partition coefficient (Wildman–Crippen LogP) is 4.25. The number of rotatable bonds is 3. The summed E-state index contributed by atoms with van der Waals surface area (Å²) in [7, 11) is 0. The van der Waals surface area contributed by atoms with Crippen LogP contribution < -0.4 is 5.32 Å². The van der Waals surface area contributed by atoms with Crippen LogP contribution >= 0.6 is 27.7 Å². The molecule has 4 nitrogen and oxygen atoms in total. The highest BCUT2D eigenvalue weighted by Crippen LogP contribution is 2.19. The molecule has 116 valence electrons. The van der Waals surface area contributed by atoms with E-state index in [9.17, 15) is 4.79 Å². The van der Waals surface area contributed by atoms with Crippen molar-refractivity contribution < 1.29 is 4.79 Å². The topological polar surface area (TPSA) is 53.8 Å². The Hall–Kier alpha value is -1.92. The second-order valence-corrected chi connectivity index (χ2v) is 6.95. The smallest absolute Gasteiger partial charge is 0.282 e. The Morgan fingerprint density at radius 3 is 2.39 bits per heavy atom. The van der Waals surface area contributed by atoms with Gasteiger partial charge in [0.25, 0.3) is 5.91 Å². The minimum atomic E-state index is -0.225. The minimum Gasteiger partial charge on any atom is -0.320 e. The lowest BCUT2D eigenvalue weighted by molar-refractivity contribution is -0.110. The molecule has 3 rings (SSSR count). The molecule has 23 heavy (non-hydrogen) atoms. The first-order chi connectivity index (χ1) is 11.1. The van der Waals surface area contributed by atoms with Crippen LogP contribution in [-0.2, 0) is 4.79 Å². The highest BCUT2D eigenvalue weighted by molar-refractivity contribution is 9.10. The molecule has 1 aliphatic heterocycles. The summed E-state index contributed by atoms with van der Waals surface area (Å²) in [4.78, 5) is 12.2. The normalized spacial score (nSPS) is 14.0. The summed E-state index contributed by atoms with van der Waals surface area (Å²) in [5.74, 6) is 0.402. The third-order valence-corrected chi connectivity index (χ3v) is 4.78. The molecular formula is C17H14BrN3OS. The van der Waals surface area contributed by atoms with Crippen LogP contribution in [0.4, 0.5) is 5.69 Å². The minimum absolute atomic E-state index is 0.225. The second-order valence-electron chi connectivity index (χ2n) is 5.07. The number of nitrogens with one attached hydrogen (secondary N) is 1. The lowest BCUT2D eigenvalue weighted by atomic mass is 10.1. The van der Waals surface area contributed by atoms with Crippen molar-refractivity contribution >= 4 is 50.0 Å². The number of carbonyl (C=O) groups excluding carboxylic acids is 1. The third-order valence-electron chi connectivity index (χ3n) is 3.29. The van der Waals surface area contributed by atoms with Gasteiger partial charge in [-0.2, -0.15) is 5.10 Å². The molecule has 1 heterocycles. The van der Waals surface area contributed by atoms with Crippen molar-refractivity contribution in [1.82, 2.24) is 0 Å². The van der Waals surface area contributed by atoms with Crippen molar-refractivity contribution in [2.24, 2.45) is 10.2 Å². The van der Waals surface area contributed by atoms with E-state index in [1.807, 2.05) is 55.5 Å². The molecule has 1 aliphatic rings. The van der Waals surface area contributed by atoms with Crippen molar-refractivity contribution in [1.29, 1.82) is 0 Å². The predicted molar refractivity (Wildman–Crippen MR) is 100 cm³/mol. The summed E-state index contributed by atoms with van der Waals surface area (Å²) in [6.07, 6.45) is 0. The second kappa shape index (κ2) is 7.10. The van der Waals surface area contributed by atoms with E-state index in [0.717, 1.165) is 27.0 Å². The van der Waals surface area contributed by atoms with Crippen LogP contribution in [0, 0.1) is 6.92 Å². The van der Waals surface area contributed by atoms with Crippen LogP contribution in [0.5, 0.6) is 0 Å². The maximum Gasteiger partial charge on any atom is 0.282 e. The first-order valence-corrected chi connectivity index (χ1v) is 8.81.